The predicted octanol–water partition coefficient (Wildman–Crippen LogP) is 1.75. The van der Waals surface area contributed by atoms with Crippen LogP contribution in [0, 0.1) is 0 Å². The second-order valence-electron chi connectivity index (χ2n) is 5.49. The van der Waals surface area contributed by atoms with Gasteiger partial charge in [-0.2, -0.15) is 5.10 Å². The summed E-state index contributed by atoms with van der Waals surface area (Å²) in [6.45, 7) is 7.92. The highest BCUT2D eigenvalue weighted by Crippen LogP contribution is 2.32. The van der Waals surface area contributed by atoms with E-state index >= 15 is 0 Å². The molecule has 0 fully saturated rings. The number of carbonyl (C=O) groups is 1. The Morgan fingerprint density at radius 2 is 2.11 bits per heavy atom. The van der Waals surface area contributed by atoms with Gasteiger partial charge in [0.25, 0.3) is 0 Å². The Morgan fingerprint density at radius 1 is 1.44 bits per heavy atom. The van der Waals surface area contributed by atoms with Crippen LogP contribution < -0.4 is 5.32 Å². The van der Waals surface area contributed by atoms with Crippen LogP contribution in [0.3, 0.4) is 0 Å². The van der Waals surface area contributed by atoms with Crippen molar-refractivity contribution in [3.8, 4) is 0 Å². The Hall–Kier alpha value is -1.17. The van der Waals surface area contributed by atoms with Crippen molar-refractivity contribution in [2.24, 2.45) is 0 Å². The maximum atomic E-state index is 11.6. The lowest BCUT2D eigenvalue weighted by molar-refractivity contribution is -0.115. The molecule has 0 aliphatic carbocycles. The third-order valence-electron chi connectivity index (χ3n) is 2.88. The van der Waals surface area contributed by atoms with Gasteiger partial charge in [-0.15, -0.1) is 0 Å². The Kier molecular flexibility index (Phi) is 3.31. The Balaban J connectivity index is 2.46. The average Bonchev–Trinajstić information content (AvgIpc) is 2.75. The van der Waals surface area contributed by atoms with Crippen molar-refractivity contribution in [1.29, 1.82) is 0 Å². The summed E-state index contributed by atoms with van der Waals surface area (Å²) < 4.78 is 13.4. The molecule has 0 spiro atoms. The summed E-state index contributed by atoms with van der Waals surface area (Å²) in [5.74, 6) is 1.66. The third kappa shape index (κ3) is 2.34. The SMILES string of the molecule is CCC(=O)Nc1c2c(nn1C(C)(C)C)CS(=O)C2. The van der Waals surface area contributed by atoms with Gasteiger partial charge in [-0.25, -0.2) is 4.68 Å². The minimum atomic E-state index is -0.877. The first-order valence-corrected chi connectivity index (χ1v) is 7.57. The molecule has 1 aliphatic heterocycles. The molecule has 1 aromatic heterocycles. The van der Waals surface area contributed by atoms with Crippen molar-refractivity contribution in [1.82, 2.24) is 9.78 Å². The minimum absolute atomic E-state index is 0.0408. The number of anilines is 1. The smallest absolute Gasteiger partial charge is 0.225 e. The highest BCUT2D eigenvalue weighted by Gasteiger charge is 2.31. The Labute approximate surface area is 109 Å². The van der Waals surface area contributed by atoms with Crippen LogP contribution in [-0.2, 0) is 32.6 Å². The van der Waals surface area contributed by atoms with Gasteiger partial charge in [-0.1, -0.05) is 6.92 Å². The molecule has 1 N–H and O–H groups in total. The molecule has 2 rings (SSSR count). The largest absolute Gasteiger partial charge is 0.311 e. The zero-order valence-corrected chi connectivity index (χ0v) is 12.1. The molecule has 1 unspecified atom stereocenters. The van der Waals surface area contributed by atoms with E-state index in [4.69, 9.17) is 0 Å². The van der Waals surface area contributed by atoms with Gasteiger partial charge in [0.2, 0.25) is 5.91 Å². The quantitative estimate of drug-likeness (QED) is 0.889. The molecule has 0 aromatic carbocycles. The number of rotatable bonds is 2. The highest BCUT2D eigenvalue weighted by molar-refractivity contribution is 7.83. The number of aromatic nitrogens is 2. The van der Waals surface area contributed by atoms with E-state index in [0.29, 0.717) is 17.9 Å². The Bertz CT molecular complexity index is 514. The van der Waals surface area contributed by atoms with E-state index < -0.39 is 10.8 Å². The molecule has 100 valence electrons. The van der Waals surface area contributed by atoms with Crippen molar-refractivity contribution in [2.75, 3.05) is 5.32 Å². The molecule has 18 heavy (non-hydrogen) atoms. The first-order valence-electron chi connectivity index (χ1n) is 6.09. The van der Waals surface area contributed by atoms with E-state index in [1.54, 1.807) is 0 Å². The molecule has 1 amide bonds. The second kappa shape index (κ2) is 4.50. The molecule has 0 radical (unpaired) electrons. The fourth-order valence-electron chi connectivity index (χ4n) is 1.96. The molecule has 0 bridgehead atoms. The lowest BCUT2D eigenvalue weighted by Crippen LogP contribution is -2.27. The zero-order valence-electron chi connectivity index (χ0n) is 11.2. The van der Waals surface area contributed by atoms with E-state index in [1.807, 2.05) is 32.4 Å². The monoisotopic (exact) mass is 269 g/mol. The molecule has 1 aromatic rings. The van der Waals surface area contributed by atoms with Gasteiger partial charge < -0.3 is 5.32 Å². The van der Waals surface area contributed by atoms with E-state index in [-0.39, 0.29) is 11.4 Å². The van der Waals surface area contributed by atoms with Crippen molar-refractivity contribution in [2.45, 2.75) is 51.2 Å². The number of fused-ring (bicyclic) bond motifs is 1. The van der Waals surface area contributed by atoms with Gasteiger partial charge in [-0.3, -0.25) is 9.00 Å². The maximum Gasteiger partial charge on any atom is 0.225 e. The lowest BCUT2D eigenvalue weighted by atomic mass is 10.1. The van der Waals surface area contributed by atoms with Crippen LogP contribution in [0.4, 0.5) is 5.82 Å². The molecular weight excluding hydrogens is 250 g/mol. The van der Waals surface area contributed by atoms with Crippen LogP contribution in [-0.4, -0.2) is 19.9 Å². The average molecular weight is 269 g/mol. The molecule has 5 nitrogen and oxygen atoms in total. The van der Waals surface area contributed by atoms with Gasteiger partial charge in [-0.05, 0) is 20.8 Å². The van der Waals surface area contributed by atoms with E-state index in [9.17, 15) is 9.00 Å². The summed E-state index contributed by atoms with van der Waals surface area (Å²) in [5, 5.41) is 7.40. The number of nitrogens with one attached hydrogen (secondary N) is 1. The maximum absolute atomic E-state index is 11.6. The molecule has 0 saturated carbocycles. The van der Waals surface area contributed by atoms with Crippen LogP contribution in [0.15, 0.2) is 0 Å². The number of carbonyl (C=O) groups excluding carboxylic acids is 1. The van der Waals surface area contributed by atoms with E-state index in [2.05, 4.69) is 10.4 Å². The highest BCUT2D eigenvalue weighted by atomic mass is 32.2. The van der Waals surface area contributed by atoms with Crippen LogP contribution in [0.5, 0.6) is 0 Å². The van der Waals surface area contributed by atoms with Crippen LogP contribution >= 0.6 is 0 Å². The summed E-state index contributed by atoms with van der Waals surface area (Å²) >= 11 is 0. The third-order valence-corrected chi connectivity index (χ3v) is 4.09. The number of amides is 1. The summed E-state index contributed by atoms with van der Waals surface area (Å²) in [7, 11) is -0.877. The lowest BCUT2D eigenvalue weighted by Gasteiger charge is -2.23. The fourth-order valence-corrected chi connectivity index (χ4v) is 3.23. The zero-order chi connectivity index (χ0) is 13.5. The van der Waals surface area contributed by atoms with Crippen LogP contribution in [0.2, 0.25) is 0 Å². The second-order valence-corrected chi connectivity index (χ2v) is 6.94. The van der Waals surface area contributed by atoms with Crippen molar-refractivity contribution in [3.63, 3.8) is 0 Å². The summed E-state index contributed by atoms with van der Waals surface area (Å²) in [6, 6.07) is 0. The molecule has 6 heteroatoms. The minimum Gasteiger partial charge on any atom is -0.311 e. The van der Waals surface area contributed by atoms with Crippen LogP contribution in [0.25, 0.3) is 0 Å². The topological polar surface area (TPSA) is 64.0 Å². The van der Waals surface area contributed by atoms with E-state index in [0.717, 1.165) is 17.1 Å². The first-order chi connectivity index (χ1) is 8.32. The predicted molar refractivity (Wildman–Crippen MR) is 71.7 cm³/mol. The van der Waals surface area contributed by atoms with Gasteiger partial charge in [0.1, 0.15) is 5.82 Å². The van der Waals surface area contributed by atoms with E-state index in [1.165, 1.54) is 0 Å². The van der Waals surface area contributed by atoms with Crippen LogP contribution in [0.1, 0.15) is 45.4 Å². The number of hydrogen-bond donors (Lipinski definition) is 1. The molecular formula is C12H19N3O2S. The summed E-state index contributed by atoms with van der Waals surface area (Å²) in [5.41, 5.74) is 1.59. The first kappa shape index (κ1) is 13.3. The van der Waals surface area contributed by atoms with Gasteiger partial charge in [0.15, 0.2) is 0 Å². The molecule has 0 saturated heterocycles. The van der Waals surface area contributed by atoms with Gasteiger partial charge in [0, 0.05) is 22.8 Å². The summed E-state index contributed by atoms with van der Waals surface area (Å²) in [6.07, 6.45) is 0.424. The fraction of sp³-hybridized carbons (Fsp3) is 0.667. The molecule has 1 aliphatic rings. The van der Waals surface area contributed by atoms with Gasteiger partial charge >= 0.3 is 0 Å². The summed E-state index contributed by atoms with van der Waals surface area (Å²) in [4.78, 5) is 11.6. The number of hydrogen-bond acceptors (Lipinski definition) is 3. The standard InChI is InChI=1S/C12H19N3O2S/c1-5-10(16)13-11-8-6-18(17)7-9(8)14-15(11)12(2,3)4/h5-7H2,1-4H3,(H,13,16). The Morgan fingerprint density at radius 3 is 2.67 bits per heavy atom. The normalized spacial score (nSPS) is 18.8. The number of nitrogens with zero attached hydrogens (tertiary/aromatic N) is 2. The van der Waals surface area contributed by atoms with Crippen molar-refractivity contribution in [3.05, 3.63) is 11.3 Å². The molecule has 1 atom stereocenters. The van der Waals surface area contributed by atoms with Gasteiger partial charge in [0.05, 0.1) is 22.7 Å². The van der Waals surface area contributed by atoms with Crippen molar-refractivity contribution < 1.29 is 9.00 Å². The van der Waals surface area contributed by atoms with Crippen molar-refractivity contribution >= 4 is 22.5 Å². The molecule has 2 heterocycles.